The Bertz CT molecular complexity index is 1040. The van der Waals surface area contributed by atoms with E-state index >= 15 is 0 Å². The molecular weight excluding hydrogens is 330 g/mol. The summed E-state index contributed by atoms with van der Waals surface area (Å²) in [6.07, 6.45) is 1.49. The minimum Gasteiger partial charge on any atom is -0.484 e. The fourth-order valence-corrected chi connectivity index (χ4v) is 2.66. The maximum Gasteiger partial charge on any atom is 0.262 e. The molecule has 128 valence electrons. The van der Waals surface area contributed by atoms with Crippen LogP contribution in [0.3, 0.4) is 0 Å². The minimum atomic E-state index is -0.228. The lowest BCUT2D eigenvalue weighted by molar-refractivity contribution is -0.118. The predicted molar refractivity (Wildman–Crippen MR) is 97.2 cm³/mol. The number of carbonyl (C=O) groups is 1. The van der Waals surface area contributed by atoms with Gasteiger partial charge in [0.25, 0.3) is 5.91 Å². The summed E-state index contributed by atoms with van der Waals surface area (Å²) < 4.78 is 7.11. The highest BCUT2D eigenvalue weighted by molar-refractivity contribution is 6.02. The summed E-state index contributed by atoms with van der Waals surface area (Å²) in [4.78, 5) is 12.3. The van der Waals surface area contributed by atoms with Gasteiger partial charge in [0.05, 0.1) is 5.69 Å². The van der Waals surface area contributed by atoms with Crippen molar-refractivity contribution in [3.63, 3.8) is 0 Å². The highest BCUT2D eigenvalue weighted by Gasteiger charge is 2.07. The van der Waals surface area contributed by atoms with Gasteiger partial charge < -0.3 is 10.1 Å². The molecule has 0 spiro atoms. The van der Waals surface area contributed by atoms with Gasteiger partial charge in [0.1, 0.15) is 12.1 Å². The average Bonchev–Trinajstić information content (AvgIpc) is 3.22. The number of nitrogens with zero attached hydrogens (tertiary/aromatic N) is 4. The zero-order chi connectivity index (χ0) is 17.8. The van der Waals surface area contributed by atoms with Crippen molar-refractivity contribution in [2.24, 2.45) is 0 Å². The lowest BCUT2D eigenvalue weighted by Gasteiger charge is -2.10. The second-order valence-electron chi connectivity index (χ2n) is 5.62. The molecule has 0 unspecified atom stereocenters. The van der Waals surface area contributed by atoms with E-state index in [0.717, 1.165) is 22.1 Å². The van der Waals surface area contributed by atoms with Crippen molar-refractivity contribution >= 4 is 22.4 Å². The molecule has 0 aliphatic rings. The van der Waals surface area contributed by atoms with Crippen LogP contribution in [0.4, 0.5) is 5.69 Å². The molecule has 1 aromatic heterocycles. The van der Waals surface area contributed by atoms with Crippen molar-refractivity contribution in [1.29, 1.82) is 0 Å². The summed E-state index contributed by atoms with van der Waals surface area (Å²) >= 11 is 0. The Morgan fingerprint density at radius 2 is 1.88 bits per heavy atom. The zero-order valence-electron chi connectivity index (χ0n) is 13.7. The molecule has 7 nitrogen and oxygen atoms in total. The number of tetrazole rings is 1. The molecule has 3 aromatic carbocycles. The Hall–Kier alpha value is -3.74. The van der Waals surface area contributed by atoms with E-state index in [-0.39, 0.29) is 12.5 Å². The van der Waals surface area contributed by atoms with E-state index in [0.29, 0.717) is 5.75 Å². The number of rotatable bonds is 5. The number of hydrogen-bond donors (Lipinski definition) is 1. The van der Waals surface area contributed by atoms with Gasteiger partial charge in [0, 0.05) is 17.1 Å². The van der Waals surface area contributed by atoms with E-state index in [1.54, 1.807) is 12.1 Å². The third-order valence-corrected chi connectivity index (χ3v) is 3.86. The second-order valence-corrected chi connectivity index (χ2v) is 5.62. The van der Waals surface area contributed by atoms with E-state index in [1.807, 2.05) is 54.6 Å². The van der Waals surface area contributed by atoms with Crippen LogP contribution >= 0.6 is 0 Å². The van der Waals surface area contributed by atoms with Gasteiger partial charge in [0.2, 0.25) is 0 Å². The van der Waals surface area contributed by atoms with Gasteiger partial charge in [-0.2, -0.15) is 0 Å². The molecule has 1 heterocycles. The molecule has 0 radical (unpaired) electrons. The summed E-state index contributed by atoms with van der Waals surface area (Å²) in [5.41, 5.74) is 1.51. The van der Waals surface area contributed by atoms with Gasteiger partial charge in [-0.3, -0.25) is 4.79 Å². The fraction of sp³-hybridized carbons (Fsp3) is 0.0526. The third-order valence-electron chi connectivity index (χ3n) is 3.86. The SMILES string of the molecule is O=C(COc1cccc(-n2cnnn2)c1)Nc1cccc2ccccc12. The first kappa shape index (κ1) is 15.8. The molecule has 4 aromatic rings. The monoisotopic (exact) mass is 345 g/mol. The highest BCUT2D eigenvalue weighted by Crippen LogP contribution is 2.23. The molecule has 1 amide bonds. The summed E-state index contributed by atoms with van der Waals surface area (Å²) in [5.74, 6) is 0.334. The van der Waals surface area contributed by atoms with Crippen LogP contribution in [-0.4, -0.2) is 32.7 Å². The smallest absolute Gasteiger partial charge is 0.262 e. The van der Waals surface area contributed by atoms with Crippen molar-refractivity contribution in [3.8, 4) is 11.4 Å². The zero-order valence-corrected chi connectivity index (χ0v) is 13.7. The number of carbonyl (C=O) groups excluding carboxylic acids is 1. The standard InChI is InChI=1S/C19H15N5O2/c25-19(21-18-10-3-6-14-5-1-2-9-17(14)18)12-26-16-8-4-7-15(11-16)24-13-20-22-23-24/h1-11,13H,12H2,(H,21,25). The van der Waals surface area contributed by atoms with Gasteiger partial charge in [0.15, 0.2) is 6.61 Å². The third kappa shape index (κ3) is 3.36. The Kier molecular flexibility index (Phi) is 4.26. The number of hydrogen-bond acceptors (Lipinski definition) is 5. The molecule has 0 bridgehead atoms. The van der Waals surface area contributed by atoms with Crippen LogP contribution in [0, 0.1) is 0 Å². The van der Waals surface area contributed by atoms with Crippen LogP contribution < -0.4 is 10.1 Å². The number of nitrogens with one attached hydrogen (secondary N) is 1. The van der Waals surface area contributed by atoms with Crippen molar-refractivity contribution in [1.82, 2.24) is 20.2 Å². The topological polar surface area (TPSA) is 81.9 Å². The number of aromatic nitrogens is 4. The number of ether oxygens (including phenoxy) is 1. The van der Waals surface area contributed by atoms with Crippen LogP contribution in [0.2, 0.25) is 0 Å². The molecule has 4 rings (SSSR count). The van der Waals surface area contributed by atoms with E-state index in [2.05, 4.69) is 20.8 Å². The van der Waals surface area contributed by atoms with E-state index in [4.69, 9.17) is 4.74 Å². The van der Waals surface area contributed by atoms with Crippen LogP contribution in [0.5, 0.6) is 5.75 Å². The molecular formula is C19H15N5O2. The van der Waals surface area contributed by atoms with E-state index < -0.39 is 0 Å². The molecule has 0 aliphatic heterocycles. The molecule has 0 atom stereocenters. The molecule has 7 heteroatoms. The number of benzene rings is 3. The Morgan fingerprint density at radius 1 is 1.04 bits per heavy atom. The van der Waals surface area contributed by atoms with E-state index in [9.17, 15) is 4.79 Å². The number of fused-ring (bicyclic) bond motifs is 1. The first-order chi connectivity index (χ1) is 12.8. The fourth-order valence-electron chi connectivity index (χ4n) is 2.66. The largest absolute Gasteiger partial charge is 0.484 e. The maximum atomic E-state index is 12.3. The van der Waals surface area contributed by atoms with Gasteiger partial charge in [-0.25, -0.2) is 4.68 Å². The van der Waals surface area contributed by atoms with Crippen molar-refractivity contribution in [2.75, 3.05) is 11.9 Å². The maximum absolute atomic E-state index is 12.3. The van der Waals surface area contributed by atoms with Gasteiger partial charge in [-0.05, 0) is 34.0 Å². The molecule has 0 saturated heterocycles. The lowest BCUT2D eigenvalue weighted by Crippen LogP contribution is -2.20. The Morgan fingerprint density at radius 3 is 2.77 bits per heavy atom. The van der Waals surface area contributed by atoms with Crippen LogP contribution in [0.15, 0.2) is 73.1 Å². The van der Waals surface area contributed by atoms with Crippen molar-refractivity contribution in [2.45, 2.75) is 0 Å². The molecule has 0 saturated carbocycles. The molecule has 1 N–H and O–H groups in total. The molecule has 26 heavy (non-hydrogen) atoms. The van der Waals surface area contributed by atoms with Crippen LogP contribution in [0.25, 0.3) is 16.5 Å². The Balaban J connectivity index is 1.43. The summed E-state index contributed by atoms with van der Waals surface area (Å²) in [6, 6.07) is 20.9. The molecule has 0 aliphatic carbocycles. The van der Waals surface area contributed by atoms with Crippen LogP contribution in [-0.2, 0) is 4.79 Å². The van der Waals surface area contributed by atoms with Gasteiger partial charge >= 0.3 is 0 Å². The summed E-state index contributed by atoms with van der Waals surface area (Å²) in [5, 5.41) is 16.0. The first-order valence-corrected chi connectivity index (χ1v) is 8.03. The van der Waals surface area contributed by atoms with Crippen molar-refractivity contribution in [3.05, 3.63) is 73.1 Å². The van der Waals surface area contributed by atoms with Gasteiger partial charge in [-0.1, -0.05) is 42.5 Å². The predicted octanol–water partition coefficient (Wildman–Crippen LogP) is 2.83. The normalized spacial score (nSPS) is 10.6. The van der Waals surface area contributed by atoms with Gasteiger partial charge in [-0.15, -0.1) is 5.10 Å². The summed E-state index contributed by atoms with van der Waals surface area (Å²) in [7, 11) is 0. The Labute approximate surface area is 149 Å². The first-order valence-electron chi connectivity index (χ1n) is 8.03. The van der Waals surface area contributed by atoms with E-state index in [1.165, 1.54) is 11.0 Å². The van der Waals surface area contributed by atoms with Crippen LogP contribution in [0.1, 0.15) is 0 Å². The van der Waals surface area contributed by atoms with Crippen molar-refractivity contribution < 1.29 is 9.53 Å². The average molecular weight is 345 g/mol. The molecule has 0 fully saturated rings. The number of amides is 1. The minimum absolute atomic E-state index is 0.0950. The summed E-state index contributed by atoms with van der Waals surface area (Å²) in [6.45, 7) is -0.0950. The second kappa shape index (κ2) is 7.02. The lowest BCUT2D eigenvalue weighted by atomic mass is 10.1. The number of anilines is 1. The highest BCUT2D eigenvalue weighted by atomic mass is 16.5. The quantitative estimate of drug-likeness (QED) is 0.601.